The van der Waals surface area contributed by atoms with Gasteiger partial charge in [-0.15, -0.1) is 0 Å². The molecule has 2 bridgehead atoms. The monoisotopic (exact) mass is 206 g/mol. The molecule has 0 spiro atoms. The summed E-state index contributed by atoms with van der Waals surface area (Å²) in [5.74, 6) is -0.518. The van der Waals surface area contributed by atoms with Crippen LogP contribution in [0.15, 0.2) is 30.3 Å². The zero-order chi connectivity index (χ0) is 10.3. The van der Waals surface area contributed by atoms with Crippen molar-refractivity contribution in [2.45, 2.75) is 37.8 Å². The van der Waals surface area contributed by atoms with Crippen molar-refractivity contribution in [3.05, 3.63) is 35.9 Å². The fraction of sp³-hybridized carbons (Fsp3) is 0.500. The second-order valence-electron chi connectivity index (χ2n) is 4.34. The average molecular weight is 206 g/mol. The van der Waals surface area contributed by atoms with E-state index in [1.165, 1.54) is 0 Å². The Labute approximate surface area is 88.9 Å². The van der Waals surface area contributed by atoms with E-state index in [-0.39, 0.29) is 12.2 Å². The third kappa shape index (κ3) is 1.57. The summed E-state index contributed by atoms with van der Waals surface area (Å²) in [6, 6.07) is 10.1. The van der Waals surface area contributed by atoms with Crippen molar-refractivity contribution in [1.29, 1.82) is 0 Å². The van der Waals surface area contributed by atoms with Crippen LogP contribution < -0.4 is 0 Å². The first kappa shape index (κ1) is 9.33. The zero-order valence-electron chi connectivity index (χ0n) is 8.68. The van der Waals surface area contributed by atoms with Crippen LogP contribution in [0.25, 0.3) is 0 Å². The minimum atomic E-state index is -0.518. The Morgan fingerprint density at radius 3 is 2.87 bits per heavy atom. The Kier molecular flexibility index (Phi) is 2.06. The minimum absolute atomic E-state index is 0.0817. The fourth-order valence-corrected chi connectivity index (χ4v) is 2.25. The van der Waals surface area contributed by atoms with Gasteiger partial charge in [-0.2, -0.15) is 0 Å². The standard InChI is InChI=1S/C12H14O3/c1-12-8-7-10(13-12)11(14-15-12)9-5-3-2-4-6-9/h2-6,10-11H,7-8H2,1H3/t10-,11-,12+/m0/s1. The third-order valence-corrected chi connectivity index (χ3v) is 3.08. The largest absolute Gasteiger partial charge is 0.341 e. The molecule has 80 valence electrons. The molecule has 1 aromatic rings. The molecule has 2 heterocycles. The molecule has 2 aliphatic rings. The molecule has 3 atom stereocenters. The van der Waals surface area contributed by atoms with Crippen LogP contribution in [-0.2, 0) is 14.5 Å². The van der Waals surface area contributed by atoms with Crippen LogP contribution in [0.2, 0.25) is 0 Å². The van der Waals surface area contributed by atoms with Crippen LogP contribution in [0, 0.1) is 0 Å². The van der Waals surface area contributed by atoms with E-state index in [9.17, 15) is 0 Å². The van der Waals surface area contributed by atoms with Crippen LogP contribution in [0.3, 0.4) is 0 Å². The van der Waals surface area contributed by atoms with Gasteiger partial charge in [0.1, 0.15) is 6.10 Å². The summed E-state index contributed by atoms with van der Waals surface area (Å²) in [6.45, 7) is 1.92. The first-order chi connectivity index (χ1) is 7.27. The van der Waals surface area contributed by atoms with Crippen molar-refractivity contribution in [2.75, 3.05) is 0 Å². The smallest absolute Gasteiger partial charge is 0.199 e. The molecule has 3 nitrogen and oxygen atoms in total. The summed E-state index contributed by atoms with van der Waals surface area (Å²) in [5.41, 5.74) is 1.12. The number of hydrogen-bond acceptors (Lipinski definition) is 3. The molecule has 0 saturated carbocycles. The topological polar surface area (TPSA) is 27.7 Å². The molecular formula is C12H14O3. The molecule has 3 heteroatoms. The lowest BCUT2D eigenvalue weighted by Gasteiger charge is -2.34. The summed E-state index contributed by atoms with van der Waals surface area (Å²) in [7, 11) is 0. The maximum absolute atomic E-state index is 5.80. The van der Waals surface area contributed by atoms with Gasteiger partial charge in [0.15, 0.2) is 5.79 Å². The van der Waals surface area contributed by atoms with Crippen molar-refractivity contribution in [3.63, 3.8) is 0 Å². The molecule has 3 rings (SSSR count). The maximum atomic E-state index is 5.80. The van der Waals surface area contributed by atoms with Crippen molar-refractivity contribution >= 4 is 0 Å². The quantitative estimate of drug-likeness (QED) is 0.661. The second-order valence-corrected chi connectivity index (χ2v) is 4.34. The van der Waals surface area contributed by atoms with Gasteiger partial charge in [-0.25, -0.2) is 9.78 Å². The lowest BCUT2D eigenvalue weighted by molar-refractivity contribution is -0.482. The third-order valence-electron chi connectivity index (χ3n) is 3.08. The van der Waals surface area contributed by atoms with Crippen LogP contribution in [0.5, 0.6) is 0 Å². The molecule has 2 saturated heterocycles. The van der Waals surface area contributed by atoms with Gasteiger partial charge in [0, 0.05) is 6.42 Å². The first-order valence-corrected chi connectivity index (χ1v) is 5.34. The minimum Gasteiger partial charge on any atom is -0.341 e. The SMILES string of the molecule is C[C@@]12CC[C@H](O1)[C@H](c1ccccc1)OO2. The molecule has 0 amide bonds. The highest BCUT2D eigenvalue weighted by Crippen LogP contribution is 2.44. The van der Waals surface area contributed by atoms with Gasteiger partial charge in [-0.05, 0) is 18.9 Å². The number of fused-ring (bicyclic) bond motifs is 2. The normalized spacial score (nSPS) is 39.3. The number of benzene rings is 1. The van der Waals surface area contributed by atoms with E-state index in [1.807, 2.05) is 37.3 Å². The molecule has 0 aliphatic carbocycles. The highest BCUT2D eigenvalue weighted by Gasteiger charge is 2.47. The predicted molar refractivity (Wildman–Crippen MR) is 53.9 cm³/mol. The van der Waals surface area contributed by atoms with E-state index in [4.69, 9.17) is 14.5 Å². The van der Waals surface area contributed by atoms with Gasteiger partial charge in [0.2, 0.25) is 0 Å². The van der Waals surface area contributed by atoms with Crippen LogP contribution in [0.4, 0.5) is 0 Å². The van der Waals surface area contributed by atoms with Gasteiger partial charge in [0.05, 0.1) is 6.10 Å². The Morgan fingerprint density at radius 2 is 2.07 bits per heavy atom. The summed E-state index contributed by atoms with van der Waals surface area (Å²) >= 11 is 0. The molecule has 0 N–H and O–H groups in total. The van der Waals surface area contributed by atoms with E-state index < -0.39 is 5.79 Å². The summed E-state index contributed by atoms with van der Waals surface area (Å²) in [4.78, 5) is 10.7. The van der Waals surface area contributed by atoms with Crippen molar-refractivity contribution in [3.8, 4) is 0 Å². The molecular weight excluding hydrogens is 192 g/mol. The van der Waals surface area contributed by atoms with Gasteiger partial charge in [0.25, 0.3) is 0 Å². The van der Waals surface area contributed by atoms with E-state index in [2.05, 4.69) is 0 Å². The highest BCUT2D eigenvalue weighted by atomic mass is 17.2. The van der Waals surface area contributed by atoms with Crippen molar-refractivity contribution in [1.82, 2.24) is 0 Å². The summed E-state index contributed by atoms with van der Waals surface area (Å²) in [6.07, 6.45) is 1.95. The number of rotatable bonds is 1. The maximum Gasteiger partial charge on any atom is 0.199 e. The lowest BCUT2D eigenvalue weighted by Crippen LogP contribution is -2.37. The zero-order valence-corrected chi connectivity index (χ0v) is 8.68. The molecule has 2 fully saturated rings. The average Bonchev–Trinajstić information content (AvgIpc) is 2.57. The lowest BCUT2D eigenvalue weighted by atomic mass is 10.0. The van der Waals surface area contributed by atoms with E-state index in [0.29, 0.717) is 0 Å². The Morgan fingerprint density at radius 1 is 1.27 bits per heavy atom. The summed E-state index contributed by atoms with van der Waals surface area (Å²) < 4.78 is 5.80. The molecule has 0 aromatic heterocycles. The van der Waals surface area contributed by atoms with Gasteiger partial charge in [-0.3, -0.25) is 0 Å². The van der Waals surface area contributed by atoms with E-state index in [0.717, 1.165) is 18.4 Å². The van der Waals surface area contributed by atoms with Gasteiger partial charge in [-0.1, -0.05) is 30.3 Å². The van der Waals surface area contributed by atoms with Gasteiger partial charge < -0.3 is 4.74 Å². The molecule has 1 aromatic carbocycles. The summed E-state index contributed by atoms with van der Waals surface area (Å²) in [5, 5.41) is 0. The predicted octanol–water partition coefficient (Wildman–Crippen LogP) is 2.58. The highest BCUT2D eigenvalue weighted by molar-refractivity contribution is 5.19. The number of hydrogen-bond donors (Lipinski definition) is 0. The molecule has 0 radical (unpaired) electrons. The Balaban J connectivity index is 1.85. The molecule has 15 heavy (non-hydrogen) atoms. The van der Waals surface area contributed by atoms with Crippen LogP contribution in [-0.4, -0.2) is 11.9 Å². The number of ether oxygens (including phenoxy) is 1. The second kappa shape index (κ2) is 3.30. The first-order valence-electron chi connectivity index (χ1n) is 5.34. The van der Waals surface area contributed by atoms with E-state index >= 15 is 0 Å². The molecule has 0 unspecified atom stereocenters. The Hall–Kier alpha value is -0.900. The van der Waals surface area contributed by atoms with E-state index in [1.54, 1.807) is 0 Å². The Bertz CT molecular complexity index is 351. The van der Waals surface area contributed by atoms with Crippen molar-refractivity contribution in [2.24, 2.45) is 0 Å². The van der Waals surface area contributed by atoms with Crippen LogP contribution in [0.1, 0.15) is 31.4 Å². The molecule has 2 aliphatic heterocycles. The van der Waals surface area contributed by atoms with Gasteiger partial charge >= 0.3 is 0 Å². The fourth-order valence-electron chi connectivity index (χ4n) is 2.25. The van der Waals surface area contributed by atoms with Crippen LogP contribution >= 0.6 is 0 Å². The van der Waals surface area contributed by atoms with Crippen molar-refractivity contribution < 1.29 is 14.5 Å².